The maximum absolute atomic E-state index is 9.40. The molecule has 1 heterocycles. The van der Waals surface area contributed by atoms with Crippen LogP contribution >= 0.6 is 22.9 Å². The molecule has 0 saturated carbocycles. The predicted molar refractivity (Wildman–Crippen MR) is 82.6 cm³/mol. The van der Waals surface area contributed by atoms with Gasteiger partial charge in [-0.05, 0) is 36.4 Å². The number of nitrogens with one attached hydrogen (secondary N) is 1. The normalized spacial score (nSPS) is 10.7. The molecule has 3 aromatic rings. The van der Waals surface area contributed by atoms with E-state index < -0.39 is 0 Å². The molecule has 4 nitrogen and oxygen atoms in total. The first-order valence-corrected chi connectivity index (χ1v) is 7.05. The first kappa shape index (κ1) is 13.0. The van der Waals surface area contributed by atoms with E-state index in [9.17, 15) is 5.11 Å². The van der Waals surface area contributed by atoms with Gasteiger partial charge in [-0.2, -0.15) is 0 Å². The highest BCUT2D eigenvalue weighted by Gasteiger charge is 2.06. The van der Waals surface area contributed by atoms with Crippen molar-refractivity contribution in [2.45, 2.75) is 0 Å². The van der Waals surface area contributed by atoms with Crippen molar-refractivity contribution in [1.29, 1.82) is 0 Å². The fraction of sp³-hybridized carbons (Fsp3) is 0.0714. The lowest BCUT2D eigenvalue weighted by atomic mass is 10.3. The van der Waals surface area contributed by atoms with Crippen molar-refractivity contribution >= 4 is 44.0 Å². The van der Waals surface area contributed by atoms with Gasteiger partial charge in [-0.1, -0.05) is 22.9 Å². The molecule has 2 N–H and O–H groups in total. The van der Waals surface area contributed by atoms with Crippen LogP contribution in [0.5, 0.6) is 11.5 Å². The maximum atomic E-state index is 9.40. The molecule has 3 rings (SSSR count). The summed E-state index contributed by atoms with van der Waals surface area (Å²) >= 11 is 7.40. The average Bonchev–Trinajstić information content (AvgIpc) is 2.84. The molecule has 0 unspecified atom stereocenters. The number of aromatic nitrogens is 1. The fourth-order valence-electron chi connectivity index (χ4n) is 1.79. The van der Waals surface area contributed by atoms with Gasteiger partial charge in [-0.25, -0.2) is 4.98 Å². The largest absolute Gasteiger partial charge is 0.506 e. The van der Waals surface area contributed by atoms with Crippen molar-refractivity contribution in [2.75, 3.05) is 12.4 Å². The zero-order valence-corrected chi connectivity index (χ0v) is 12.1. The third-order valence-corrected chi connectivity index (χ3v) is 4.03. The molecule has 2 aromatic carbocycles. The number of ether oxygens (including phenoxy) is 1. The molecule has 20 heavy (non-hydrogen) atoms. The van der Waals surface area contributed by atoms with E-state index in [-0.39, 0.29) is 5.75 Å². The highest BCUT2D eigenvalue weighted by Crippen LogP contribution is 2.32. The van der Waals surface area contributed by atoms with Crippen LogP contribution in [-0.4, -0.2) is 17.2 Å². The molecule has 0 amide bonds. The Morgan fingerprint density at radius 1 is 1.25 bits per heavy atom. The quantitative estimate of drug-likeness (QED) is 0.704. The highest BCUT2D eigenvalue weighted by molar-refractivity contribution is 7.22. The number of hydrogen-bond acceptors (Lipinski definition) is 5. The number of fused-ring (bicyclic) bond motifs is 1. The molecule has 0 bridgehead atoms. The Labute approximate surface area is 124 Å². The van der Waals surface area contributed by atoms with Crippen molar-refractivity contribution in [1.82, 2.24) is 4.98 Å². The van der Waals surface area contributed by atoms with E-state index in [2.05, 4.69) is 10.3 Å². The minimum Gasteiger partial charge on any atom is -0.506 e. The summed E-state index contributed by atoms with van der Waals surface area (Å²) in [4.78, 5) is 4.48. The van der Waals surface area contributed by atoms with Crippen LogP contribution in [0.1, 0.15) is 0 Å². The molecular weight excluding hydrogens is 296 g/mol. The molecule has 102 valence electrons. The Balaban J connectivity index is 1.92. The smallest absolute Gasteiger partial charge is 0.188 e. The summed E-state index contributed by atoms with van der Waals surface area (Å²) in [5.74, 6) is 0.867. The molecule has 1 aromatic heterocycles. The summed E-state index contributed by atoms with van der Waals surface area (Å²) in [5, 5.41) is 13.6. The van der Waals surface area contributed by atoms with Crippen LogP contribution in [0.15, 0.2) is 36.4 Å². The van der Waals surface area contributed by atoms with Gasteiger partial charge in [0.1, 0.15) is 11.5 Å². The van der Waals surface area contributed by atoms with Crippen LogP contribution < -0.4 is 10.1 Å². The summed E-state index contributed by atoms with van der Waals surface area (Å²) in [6, 6.07) is 10.7. The SMILES string of the molecule is COc1ccc2nc(Nc3ccc(O)c(Cl)c3)sc2c1. The van der Waals surface area contributed by atoms with Gasteiger partial charge in [0, 0.05) is 5.69 Å². The molecule has 0 radical (unpaired) electrons. The van der Waals surface area contributed by atoms with Crippen LogP contribution in [0.25, 0.3) is 10.2 Å². The number of aromatic hydroxyl groups is 1. The summed E-state index contributed by atoms with van der Waals surface area (Å²) in [5.41, 5.74) is 1.68. The number of methoxy groups -OCH3 is 1. The van der Waals surface area contributed by atoms with Gasteiger partial charge in [0.25, 0.3) is 0 Å². The van der Waals surface area contributed by atoms with E-state index in [4.69, 9.17) is 16.3 Å². The molecule has 0 aliphatic carbocycles. The minimum atomic E-state index is 0.0613. The number of phenolic OH excluding ortho intramolecular Hbond substituents is 1. The summed E-state index contributed by atoms with van der Waals surface area (Å²) in [6.45, 7) is 0. The maximum Gasteiger partial charge on any atom is 0.188 e. The Hall–Kier alpha value is -1.98. The van der Waals surface area contributed by atoms with Gasteiger partial charge in [0.2, 0.25) is 0 Å². The Morgan fingerprint density at radius 3 is 2.85 bits per heavy atom. The van der Waals surface area contributed by atoms with Gasteiger partial charge in [0.05, 0.1) is 22.3 Å². The minimum absolute atomic E-state index is 0.0613. The second kappa shape index (κ2) is 5.19. The molecular formula is C14H11ClN2O2S. The lowest BCUT2D eigenvalue weighted by Crippen LogP contribution is -1.88. The molecule has 0 saturated heterocycles. The highest BCUT2D eigenvalue weighted by atomic mass is 35.5. The Kier molecular flexibility index (Phi) is 3.38. The average molecular weight is 307 g/mol. The second-order valence-electron chi connectivity index (χ2n) is 4.14. The zero-order chi connectivity index (χ0) is 14.1. The number of thiazole rings is 1. The molecule has 6 heteroatoms. The molecule has 0 aliphatic rings. The van der Waals surface area contributed by atoms with E-state index in [1.165, 1.54) is 11.3 Å². The molecule has 0 fully saturated rings. The van der Waals surface area contributed by atoms with Crippen molar-refractivity contribution < 1.29 is 9.84 Å². The van der Waals surface area contributed by atoms with Crippen molar-refractivity contribution in [3.8, 4) is 11.5 Å². The molecule has 0 aliphatic heterocycles. The zero-order valence-electron chi connectivity index (χ0n) is 10.6. The van der Waals surface area contributed by atoms with Crippen molar-refractivity contribution in [3.63, 3.8) is 0 Å². The number of halogens is 1. The van der Waals surface area contributed by atoms with E-state index in [0.717, 1.165) is 26.8 Å². The van der Waals surface area contributed by atoms with Gasteiger partial charge < -0.3 is 15.2 Å². The van der Waals surface area contributed by atoms with E-state index in [1.54, 1.807) is 25.3 Å². The topological polar surface area (TPSA) is 54.4 Å². The van der Waals surface area contributed by atoms with Gasteiger partial charge >= 0.3 is 0 Å². The summed E-state index contributed by atoms with van der Waals surface area (Å²) < 4.78 is 6.23. The number of rotatable bonds is 3. The van der Waals surface area contributed by atoms with Gasteiger partial charge in [0.15, 0.2) is 5.13 Å². The second-order valence-corrected chi connectivity index (χ2v) is 5.58. The Morgan fingerprint density at radius 2 is 2.10 bits per heavy atom. The first-order valence-electron chi connectivity index (χ1n) is 5.86. The van der Waals surface area contributed by atoms with Gasteiger partial charge in [-0.3, -0.25) is 0 Å². The standard InChI is InChI=1S/C14H11ClN2O2S/c1-19-9-3-4-11-13(7-9)20-14(17-11)16-8-2-5-12(18)10(15)6-8/h2-7,18H,1H3,(H,16,17). The fourth-order valence-corrected chi connectivity index (χ4v) is 2.89. The third kappa shape index (κ3) is 2.50. The molecule has 0 atom stereocenters. The van der Waals surface area contributed by atoms with Gasteiger partial charge in [-0.15, -0.1) is 0 Å². The lowest BCUT2D eigenvalue weighted by Gasteiger charge is -2.03. The van der Waals surface area contributed by atoms with Crippen LogP contribution in [0.4, 0.5) is 10.8 Å². The predicted octanol–water partition coefficient (Wildman–Crippen LogP) is 4.41. The number of benzene rings is 2. The first-order chi connectivity index (χ1) is 9.65. The third-order valence-electron chi connectivity index (χ3n) is 2.79. The number of anilines is 2. The number of nitrogens with zero attached hydrogens (tertiary/aromatic N) is 1. The van der Waals surface area contributed by atoms with Crippen LogP contribution in [0, 0.1) is 0 Å². The van der Waals surface area contributed by atoms with E-state index in [0.29, 0.717) is 5.02 Å². The monoisotopic (exact) mass is 306 g/mol. The van der Waals surface area contributed by atoms with Crippen LogP contribution in [0.3, 0.4) is 0 Å². The van der Waals surface area contributed by atoms with Crippen molar-refractivity contribution in [2.24, 2.45) is 0 Å². The number of hydrogen-bond donors (Lipinski definition) is 2. The summed E-state index contributed by atoms with van der Waals surface area (Å²) in [7, 11) is 1.64. The van der Waals surface area contributed by atoms with E-state index >= 15 is 0 Å². The summed E-state index contributed by atoms with van der Waals surface area (Å²) in [6.07, 6.45) is 0. The van der Waals surface area contributed by atoms with Crippen LogP contribution in [-0.2, 0) is 0 Å². The van der Waals surface area contributed by atoms with Crippen molar-refractivity contribution in [3.05, 3.63) is 41.4 Å². The van der Waals surface area contributed by atoms with E-state index in [1.807, 2.05) is 18.2 Å². The Bertz CT molecular complexity index is 773. The lowest BCUT2D eigenvalue weighted by molar-refractivity contribution is 0.415. The van der Waals surface area contributed by atoms with Crippen LogP contribution in [0.2, 0.25) is 5.02 Å². The number of phenols is 1. The molecule has 0 spiro atoms.